The first kappa shape index (κ1) is 22.8. The molecular formula is C19H23N3O5S3. The van der Waals surface area contributed by atoms with Gasteiger partial charge in [0.2, 0.25) is 26.0 Å². The Labute approximate surface area is 180 Å². The van der Waals surface area contributed by atoms with Gasteiger partial charge in [-0.25, -0.2) is 22.0 Å². The summed E-state index contributed by atoms with van der Waals surface area (Å²) in [5.41, 5.74) is 0.455. The molecule has 30 heavy (non-hydrogen) atoms. The molecule has 162 valence electrons. The third-order valence-electron chi connectivity index (χ3n) is 4.97. The van der Waals surface area contributed by atoms with Gasteiger partial charge in [-0.15, -0.1) is 11.8 Å². The van der Waals surface area contributed by atoms with E-state index in [4.69, 9.17) is 5.14 Å². The van der Waals surface area contributed by atoms with Crippen molar-refractivity contribution in [1.29, 1.82) is 0 Å². The molecule has 0 bridgehead atoms. The lowest BCUT2D eigenvalue weighted by Crippen LogP contribution is -2.41. The molecular weight excluding hydrogens is 446 g/mol. The van der Waals surface area contributed by atoms with E-state index >= 15 is 0 Å². The predicted molar refractivity (Wildman–Crippen MR) is 116 cm³/mol. The zero-order valence-corrected chi connectivity index (χ0v) is 18.8. The molecule has 0 aromatic heterocycles. The third kappa shape index (κ3) is 5.22. The van der Waals surface area contributed by atoms with Gasteiger partial charge in [-0.05, 0) is 67.6 Å². The summed E-state index contributed by atoms with van der Waals surface area (Å²) in [6.07, 6.45) is 2.74. The van der Waals surface area contributed by atoms with Gasteiger partial charge in [-0.2, -0.15) is 4.31 Å². The molecule has 0 unspecified atom stereocenters. The SMILES string of the molecule is CSc1ccc(S(=O)(=O)N2CCC(C(=O)Nc3ccc(S(N)(=O)=O)cc3)CC2)cc1. The van der Waals surface area contributed by atoms with Gasteiger partial charge >= 0.3 is 0 Å². The Morgan fingerprint density at radius 2 is 1.50 bits per heavy atom. The molecule has 1 saturated heterocycles. The first-order valence-corrected chi connectivity index (χ1v) is 13.4. The molecule has 2 aromatic carbocycles. The number of nitrogens with two attached hydrogens (primary N) is 1. The molecule has 0 aliphatic carbocycles. The quantitative estimate of drug-likeness (QED) is 0.624. The third-order valence-corrected chi connectivity index (χ3v) is 8.56. The Kier molecular flexibility index (Phi) is 6.88. The van der Waals surface area contributed by atoms with Gasteiger partial charge in [0, 0.05) is 29.6 Å². The Morgan fingerprint density at radius 1 is 0.967 bits per heavy atom. The van der Waals surface area contributed by atoms with Crippen LogP contribution in [-0.2, 0) is 24.8 Å². The Bertz CT molecular complexity index is 1110. The van der Waals surface area contributed by atoms with Crippen LogP contribution < -0.4 is 10.5 Å². The number of thioether (sulfide) groups is 1. The highest BCUT2D eigenvalue weighted by atomic mass is 32.2. The number of rotatable bonds is 6. The summed E-state index contributed by atoms with van der Waals surface area (Å²) in [6, 6.07) is 12.3. The molecule has 0 spiro atoms. The van der Waals surface area contributed by atoms with Gasteiger partial charge in [0.25, 0.3) is 0 Å². The van der Waals surface area contributed by atoms with E-state index in [0.717, 1.165) is 4.90 Å². The fourth-order valence-electron chi connectivity index (χ4n) is 3.23. The number of carbonyl (C=O) groups is 1. The summed E-state index contributed by atoms with van der Waals surface area (Å²) >= 11 is 1.54. The Balaban J connectivity index is 1.59. The molecule has 1 amide bonds. The number of piperidine rings is 1. The zero-order valence-electron chi connectivity index (χ0n) is 16.3. The van der Waals surface area contributed by atoms with Crippen LogP contribution in [0.4, 0.5) is 5.69 Å². The number of nitrogens with one attached hydrogen (secondary N) is 1. The largest absolute Gasteiger partial charge is 0.326 e. The highest BCUT2D eigenvalue weighted by Gasteiger charge is 2.32. The smallest absolute Gasteiger partial charge is 0.243 e. The molecule has 0 saturated carbocycles. The lowest BCUT2D eigenvalue weighted by molar-refractivity contribution is -0.120. The fraction of sp³-hybridized carbons (Fsp3) is 0.316. The number of carbonyl (C=O) groups excluding carboxylic acids is 1. The summed E-state index contributed by atoms with van der Waals surface area (Å²) in [5, 5.41) is 7.80. The van der Waals surface area contributed by atoms with Crippen molar-refractivity contribution in [3.05, 3.63) is 48.5 Å². The van der Waals surface area contributed by atoms with Crippen LogP contribution in [0.15, 0.2) is 63.2 Å². The molecule has 1 aliphatic rings. The number of hydrogen-bond donors (Lipinski definition) is 2. The van der Waals surface area contributed by atoms with E-state index in [1.807, 2.05) is 6.26 Å². The fourth-order valence-corrected chi connectivity index (χ4v) is 5.62. The molecule has 11 heteroatoms. The summed E-state index contributed by atoms with van der Waals surface area (Å²) in [7, 11) is -7.38. The summed E-state index contributed by atoms with van der Waals surface area (Å²) in [6.45, 7) is 0.518. The number of anilines is 1. The average molecular weight is 470 g/mol. The maximum absolute atomic E-state index is 12.8. The second-order valence-electron chi connectivity index (χ2n) is 6.91. The van der Waals surface area contributed by atoms with Gasteiger partial charge < -0.3 is 5.32 Å². The molecule has 1 heterocycles. The van der Waals surface area contributed by atoms with Crippen molar-refractivity contribution >= 4 is 43.4 Å². The van der Waals surface area contributed by atoms with E-state index in [1.54, 1.807) is 36.0 Å². The Hall–Kier alpha value is -1.92. The number of nitrogens with zero attached hydrogens (tertiary/aromatic N) is 1. The summed E-state index contributed by atoms with van der Waals surface area (Å²) in [5.74, 6) is -0.548. The number of sulfonamides is 2. The van der Waals surface area contributed by atoms with Gasteiger partial charge in [0.1, 0.15) is 0 Å². The second-order valence-corrected chi connectivity index (χ2v) is 11.3. The van der Waals surface area contributed by atoms with Crippen molar-refractivity contribution in [2.45, 2.75) is 27.5 Å². The summed E-state index contributed by atoms with van der Waals surface area (Å²) < 4.78 is 49.7. The van der Waals surface area contributed by atoms with Crippen LogP contribution in [0, 0.1) is 5.92 Å². The normalized spacial score (nSPS) is 16.3. The molecule has 2 aromatic rings. The first-order valence-electron chi connectivity index (χ1n) is 9.19. The number of hydrogen-bond acceptors (Lipinski definition) is 6. The van der Waals surface area contributed by atoms with E-state index in [1.165, 1.54) is 28.6 Å². The van der Waals surface area contributed by atoms with E-state index in [-0.39, 0.29) is 34.7 Å². The minimum atomic E-state index is -3.79. The van der Waals surface area contributed by atoms with E-state index in [0.29, 0.717) is 18.5 Å². The van der Waals surface area contributed by atoms with Crippen molar-refractivity contribution in [1.82, 2.24) is 4.31 Å². The minimum absolute atomic E-state index is 0.0374. The van der Waals surface area contributed by atoms with Crippen molar-refractivity contribution in [2.24, 2.45) is 11.1 Å². The zero-order chi connectivity index (χ0) is 21.9. The van der Waals surface area contributed by atoms with Crippen LogP contribution in [0.25, 0.3) is 0 Å². The lowest BCUT2D eigenvalue weighted by Gasteiger charge is -2.30. The van der Waals surface area contributed by atoms with Crippen molar-refractivity contribution in [2.75, 3.05) is 24.7 Å². The standard InChI is InChI=1S/C19H23N3O5S3/c1-28-16-4-8-18(9-5-16)30(26,27)22-12-10-14(11-13-22)19(23)21-15-2-6-17(7-3-15)29(20,24)25/h2-9,14H,10-13H2,1H3,(H,21,23)(H2,20,24,25). The highest BCUT2D eigenvalue weighted by Crippen LogP contribution is 2.26. The van der Waals surface area contributed by atoms with Crippen LogP contribution in [0.1, 0.15) is 12.8 Å². The van der Waals surface area contributed by atoms with E-state index in [9.17, 15) is 21.6 Å². The number of primary sulfonamides is 1. The molecule has 3 N–H and O–H groups in total. The topological polar surface area (TPSA) is 127 Å². The highest BCUT2D eigenvalue weighted by molar-refractivity contribution is 7.98. The first-order chi connectivity index (χ1) is 14.1. The second kappa shape index (κ2) is 9.06. The minimum Gasteiger partial charge on any atom is -0.326 e. The Morgan fingerprint density at radius 3 is 2.00 bits per heavy atom. The average Bonchev–Trinajstić information content (AvgIpc) is 2.73. The molecule has 0 radical (unpaired) electrons. The van der Waals surface area contributed by atoms with Crippen LogP contribution >= 0.6 is 11.8 Å². The number of amides is 1. The number of benzene rings is 2. The lowest BCUT2D eigenvalue weighted by atomic mass is 9.97. The van der Waals surface area contributed by atoms with Crippen LogP contribution in [0.2, 0.25) is 0 Å². The molecule has 8 nitrogen and oxygen atoms in total. The van der Waals surface area contributed by atoms with Gasteiger partial charge in [0.15, 0.2) is 0 Å². The molecule has 1 fully saturated rings. The van der Waals surface area contributed by atoms with Crippen molar-refractivity contribution < 1.29 is 21.6 Å². The predicted octanol–water partition coefficient (Wildman–Crippen LogP) is 2.10. The summed E-state index contributed by atoms with van der Waals surface area (Å²) in [4.78, 5) is 13.7. The maximum Gasteiger partial charge on any atom is 0.243 e. The van der Waals surface area contributed by atoms with Crippen LogP contribution in [-0.4, -0.2) is 46.4 Å². The van der Waals surface area contributed by atoms with Crippen LogP contribution in [0.5, 0.6) is 0 Å². The molecule has 1 aliphatic heterocycles. The van der Waals surface area contributed by atoms with Crippen molar-refractivity contribution in [3.63, 3.8) is 0 Å². The van der Waals surface area contributed by atoms with Crippen LogP contribution in [0.3, 0.4) is 0 Å². The maximum atomic E-state index is 12.8. The van der Waals surface area contributed by atoms with E-state index < -0.39 is 20.0 Å². The molecule has 3 rings (SSSR count). The monoisotopic (exact) mass is 469 g/mol. The van der Waals surface area contributed by atoms with Gasteiger partial charge in [-0.1, -0.05) is 0 Å². The van der Waals surface area contributed by atoms with Gasteiger partial charge in [-0.3, -0.25) is 4.79 Å². The molecule has 0 atom stereocenters. The van der Waals surface area contributed by atoms with Gasteiger partial charge in [0.05, 0.1) is 9.79 Å². The van der Waals surface area contributed by atoms with Crippen molar-refractivity contribution in [3.8, 4) is 0 Å². The van der Waals surface area contributed by atoms with E-state index in [2.05, 4.69) is 5.32 Å².